The smallest absolute Gasteiger partial charge is 0.0658 e. The van der Waals surface area contributed by atoms with Crippen LogP contribution in [0.1, 0.15) is 97.0 Å². The van der Waals surface area contributed by atoms with Gasteiger partial charge in [-0.1, -0.05) is 63.1 Å². The van der Waals surface area contributed by atoms with Crippen LogP contribution in [-0.2, 0) is 0 Å². The van der Waals surface area contributed by atoms with E-state index in [4.69, 9.17) is 0 Å². The summed E-state index contributed by atoms with van der Waals surface area (Å²) in [6, 6.07) is 9.14. The van der Waals surface area contributed by atoms with Gasteiger partial charge in [-0.2, -0.15) is 0 Å². The molecule has 6 unspecified atom stereocenters. The molecule has 0 aromatic heterocycles. The number of aliphatic hydroxyl groups is 2. The van der Waals surface area contributed by atoms with Gasteiger partial charge in [0.2, 0.25) is 0 Å². The summed E-state index contributed by atoms with van der Waals surface area (Å²) in [5, 5.41) is 21.2. The van der Waals surface area contributed by atoms with E-state index in [9.17, 15) is 10.2 Å². The minimum atomic E-state index is -0.358. The van der Waals surface area contributed by atoms with Crippen molar-refractivity contribution >= 4 is 11.8 Å². The summed E-state index contributed by atoms with van der Waals surface area (Å²) in [5.74, 6) is 3.99. The van der Waals surface area contributed by atoms with Crippen molar-refractivity contribution in [3.63, 3.8) is 0 Å². The normalized spacial score (nSPS) is 36.0. The van der Waals surface area contributed by atoms with Gasteiger partial charge in [-0.3, -0.25) is 0 Å². The van der Waals surface area contributed by atoms with Gasteiger partial charge in [0.1, 0.15) is 0 Å². The van der Waals surface area contributed by atoms with Crippen molar-refractivity contribution < 1.29 is 10.2 Å². The molecule has 0 heterocycles. The summed E-state index contributed by atoms with van der Waals surface area (Å²) in [5.41, 5.74) is 4.55. The second-order valence-corrected chi connectivity index (χ2v) is 13.9. The van der Waals surface area contributed by atoms with Crippen LogP contribution in [0.15, 0.2) is 52.5 Å². The summed E-state index contributed by atoms with van der Waals surface area (Å²) in [4.78, 5) is 1.42. The molecule has 35 heavy (non-hydrogen) atoms. The molecule has 0 amide bonds. The lowest BCUT2D eigenvalue weighted by Crippen LogP contribution is -2.38. The van der Waals surface area contributed by atoms with Gasteiger partial charge in [-0.15, -0.1) is 11.8 Å². The number of hydrogen-bond donors (Lipinski definition) is 2. The zero-order valence-electron chi connectivity index (χ0n) is 22.3. The zero-order chi connectivity index (χ0) is 24.8. The third-order valence-electron chi connectivity index (χ3n) is 10.4. The Morgan fingerprint density at radius 1 is 1.03 bits per heavy atom. The van der Waals surface area contributed by atoms with Gasteiger partial charge in [0.05, 0.1) is 12.2 Å². The lowest BCUT2D eigenvalue weighted by Gasteiger charge is -2.44. The van der Waals surface area contributed by atoms with Crippen LogP contribution in [0.4, 0.5) is 0 Å². The Morgan fingerprint density at radius 3 is 2.46 bits per heavy atom. The largest absolute Gasteiger partial charge is 0.392 e. The van der Waals surface area contributed by atoms with Crippen LogP contribution in [0.3, 0.4) is 0 Å². The molecule has 6 atom stereocenters. The first-order valence-electron chi connectivity index (χ1n) is 14.2. The van der Waals surface area contributed by atoms with E-state index >= 15 is 0 Å². The highest BCUT2D eigenvalue weighted by atomic mass is 32.2. The minimum absolute atomic E-state index is 0.170. The number of aliphatic hydroxyl groups excluding tert-OH is 2. The molecule has 1 aromatic rings. The fourth-order valence-electron chi connectivity index (χ4n) is 7.90. The molecule has 2 nitrogen and oxygen atoms in total. The van der Waals surface area contributed by atoms with Gasteiger partial charge in [-0.05, 0) is 105 Å². The van der Waals surface area contributed by atoms with Crippen molar-refractivity contribution in [2.75, 3.05) is 5.75 Å². The van der Waals surface area contributed by atoms with Crippen LogP contribution in [0.5, 0.6) is 0 Å². The van der Waals surface area contributed by atoms with Crippen LogP contribution in [0.2, 0.25) is 0 Å². The Kier molecular flexibility index (Phi) is 7.34. The molecule has 4 fully saturated rings. The molecule has 0 aliphatic heterocycles. The molecule has 4 aliphatic carbocycles. The molecule has 3 heteroatoms. The Morgan fingerprint density at radius 2 is 1.77 bits per heavy atom. The maximum Gasteiger partial charge on any atom is 0.0658 e. The summed E-state index contributed by atoms with van der Waals surface area (Å²) in [7, 11) is 0. The maximum atomic E-state index is 10.6. The Hall–Kier alpha value is -1.03. The number of hydrogen-bond acceptors (Lipinski definition) is 3. The summed E-state index contributed by atoms with van der Waals surface area (Å²) < 4.78 is 0. The van der Waals surface area contributed by atoms with Crippen molar-refractivity contribution in [1.82, 2.24) is 0 Å². The highest BCUT2D eigenvalue weighted by Gasteiger charge is 2.56. The monoisotopic (exact) mass is 494 g/mol. The van der Waals surface area contributed by atoms with E-state index in [1.54, 1.807) is 5.57 Å². The van der Waals surface area contributed by atoms with Gasteiger partial charge >= 0.3 is 0 Å². The van der Waals surface area contributed by atoms with Crippen LogP contribution in [0.25, 0.3) is 0 Å². The average molecular weight is 495 g/mol. The number of fused-ring (bicyclic) bond motifs is 1. The van der Waals surface area contributed by atoms with Crippen LogP contribution in [0, 0.1) is 28.6 Å². The molecule has 1 spiro atoms. The first-order chi connectivity index (χ1) is 16.7. The van der Waals surface area contributed by atoms with Crippen LogP contribution >= 0.6 is 11.8 Å². The molecule has 5 rings (SSSR count). The number of allylic oxidation sites excluding steroid dienone is 3. The van der Waals surface area contributed by atoms with E-state index in [0.29, 0.717) is 23.2 Å². The summed E-state index contributed by atoms with van der Waals surface area (Å²) in [6.07, 6.45) is 14.0. The molecule has 1 aromatic carbocycles. The quantitative estimate of drug-likeness (QED) is 0.395. The molecular formula is C32H46O2S. The minimum Gasteiger partial charge on any atom is -0.392 e. The molecule has 0 saturated heterocycles. The second-order valence-electron chi connectivity index (χ2n) is 12.9. The van der Waals surface area contributed by atoms with Gasteiger partial charge < -0.3 is 10.2 Å². The molecule has 4 aliphatic rings. The third-order valence-corrected chi connectivity index (χ3v) is 11.6. The Labute approximate surface area is 217 Å². The van der Waals surface area contributed by atoms with Crippen molar-refractivity contribution in [2.45, 2.75) is 109 Å². The number of thioether (sulfide) groups is 1. The van der Waals surface area contributed by atoms with Crippen LogP contribution in [-0.4, -0.2) is 28.2 Å². The topological polar surface area (TPSA) is 40.5 Å². The maximum absolute atomic E-state index is 10.6. The Bertz CT molecular complexity index is 958. The summed E-state index contributed by atoms with van der Waals surface area (Å²) >= 11 is 2.05. The van der Waals surface area contributed by atoms with E-state index in [1.165, 1.54) is 53.9 Å². The fourth-order valence-corrected chi connectivity index (χ4v) is 8.98. The Balaban J connectivity index is 1.24. The molecular weight excluding hydrogens is 448 g/mol. The van der Waals surface area contributed by atoms with E-state index in [0.717, 1.165) is 31.6 Å². The van der Waals surface area contributed by atoms with Crippen molar-refractivity contribution in [3.8, 4) is 0 Å². The van der Waals surface area contributed by atoms with E-state index in [-0.39, 0.29) is 17.6 Å². The third kappa shape index (κ3) is 4.94. The molecule has 192 valence electrons. The molecule has 0 bridgehead atoms. The SMILES string of the molecule is CC(C)c1cccc(SCC(C)C2CCC3C(=CC=C4CC(O)C5(CC5)C(O)C4)CCCC32C)c1. The second kappa shape index (κ2) is 10.0. The van der Waals surface area contributed by atoms with E-state index < -0.39 is 0 Å². The van der Waals surface area contributed by atoms with E-state index in [2.05, 4.69) is 64.1 Å². The average Bonchev–Trinajstić information content (AvgIpc) is 3.56. The fraction of sp³-hybridized carbons (Fsp3) is 0.688. The van der Waals surface area contributed by atoms with Crippen molar-refractivity contribution in [1.29, 1.82) is 0 Å². The highest BCUT2D eigenvalue weighted by molar-refractivity contribution is 7.99. The molecule has 0 radical (unpaired) electrons. The van der Waals surface area contributed by atoms with Crippen LogP contribution < -0.4 is 0 Å². The lowest BCUT2D eigenvalue weighted by atomic mass is 9.61. The predicted octanol–water partition coefficient (Wildman–Crippen LogP) is 7.90. The first-order valence-corrected chi connectivity index (χ1v) is 15.2. The first kappa shape index (κ1) is 25.6. The van der Waals surface area contributed by atoms with Crippen molar-refractivity contribution in [2.24, 2.45) is 28.6 Å². The van der Waals surface area contributed by atoms with Gasteiger partial charge in [0, 0.05) is 16.1 Å². The zero-order valence-corrected chi connectivity index (χ0v) is 23.1. The van der Waals surface area contributed by atoms with Gasteiger partial charge in [-0.25, -0.2) is 0 Å². The van der Waals surface area contributed by atoms with E-state index in [1.807, 2.05) is 11.8 Å². The standard InChI is InChI=1S/C32H46O2S/c1-21(2)25-7-5-9-26(19-25)35-20-22(3)27-12-13-28-24(8-6-14-31(27,28)4)11-10-23-17-29(33)32(15-16-32)30(34)18-23/h5,7,9-11,19,21-22,27-30,33-34H,6,8,12-18,20H2,1-4H3. The highest BCUT2D eigenvalue weighted by Crippen LogP contribution is 2.60. The van der Waals surface area contributed by atoms with Crippen molar-refractivity contribution in [3.05, 3.63) is 53.1 Å². The molecule has 2 N–H and O–H groups in total. The number of benzene rings is 1. The lowest BCUT2D eigenvalue weighted by molar-refractivity contribution is -0.0225. The van der Waals surface area contributed by atoms with Gasteiger partial charge in [0.15, 0.2) is 0 Å². The predicted molar refractivity (Wildman–Crippen MR) is 148 cm³/mol. The summed E-state index contributed by atoms with van der Waals surface area (Å²) in [6.45, 7) is 9.63. The molecule has 4 saturated carbocycles. The number of rotatable bonds is 6. The van der Waals surface area contributed by atoms with Gasteiger partial charge in [0.25, 0.3) is 0 Å².